The minimum Gasteiger partial charge on any atom is -0.195 e. The van der Waals surface area contributed by atoms with E-state index in [9.17, 15) is 0 Å². The topological polar surface area (TPSA) is 0 Å². The molecule has 0 spiro atoms. The zero-order valence-electron chi connectivity index (χ0n) is 16.8. The van der Waals surface area contributed by atoms with E-state index < -0.39 is 0 Å². The van der Waals surface area contributed by atoms with Crippen LogP contribution < -0.4 is 0 Å². The highest BCUT2D eigenvalue weighted by atomic mass is 35.5. The molecular weight excluding hydrogens is 311 g/mol. The van der Waals surface area contributed by atoms with Gasteiger partial charge in [-0.25, -0.2) is 0 Å². The molecule has 0 aromatic carbocycles. The smallest absolute Gasteiger partial charge is 0.195 e. The van der Waals surface area contributed by atoms with Crippen LogP contribution in [0.25, 0.3) is 0 Å². The van der Waals surface area contributed by atoms with Gasteiger partial charge < -0.3 is 0 Å². The van der Waals surface area contributed by atoms with Crippen LogP contribution in [0, 0.1) is 46.3 Å². The Morgan fingerprint density at radius 1 is 0.750 bits per heavy atom. The number of hydrogen-bond donors (Lipinski definition) is 0. The molecule has 6 saturated carbocycles. The molecule has 0 aliphatic heterocycles. The Morgan fingerprint density at radius 3 is 1.42 bits per heavy atom. The molecule has 6 fully saturated rings. The van der Waals surface area contributed by atoms with Gasteiger partial charge in [-0.15, -0.1) is 0 Å². The van der Waals surface area contributed by atoms with Crippen LogP contribution in [-0.2, 0) is 0 Å². The van der Waals surface area contributed by atoms with Crippen molar-refractivity contribution in [3.63, 3.8) is 0 Å². The molecular formula is C22H38BCl. The van der Waals surface area contributed by atoms with Crippen molar-refractivity contribution in [1.29, 1.82) is 0 Å². The van der Waals surface area contributed by atoms with Crippen molar-refractivity contribution in [1.82, 2.24) is 0 Å². The molecule has 8 atom stereocenters. The number of fused-ring (bicyclic) bond motifs is 4. The highest BCUT2D eigenvalue weighted by Gasteiger charge is 2.63. The Morgan fingerprint density at radius 2 is 1.12 bits per heavy atom. The fourth-order valence-corrected chi connectivity index (χ4v) is 8.77. The summed E-state index contributed by atoms with van der Waals surface area (Å²) >= 11 is 7.34. The van der Waals surface area contributed by atoms with E-state index in [1.165, 1.54) is 38.5 Å². The minimum atomic E-state index is 0.447. The van der Waals surface area contributed by atoms with Gasteiger partial charge in [-0.2, -0.15) is 11.5 Å². The highest BCUT2D eigenvalue weighted by Crippen LogP contribution is 2.70. The molecule has 0 saturated heterocycles. The summed E-state index contributed by atoms with van der Waals surface area (Å²) in [6, 6.07) is 0. The van der Waals surface area contributed by atoms with E-state index >= 15 is 0 Å². The molecule has 0 unspecified atom stereocenters. The van der Waals surface area contributed by atoms with Crippen LogP contribution in [0.1, 0.15) is 80.1 Å². The van der Waals surface area contributed by atoms with Crippen LogP contribution in [0.15, 0.2) is 0 Å². The lowest BCUT2D eigenvalue weighted by molar-refractivity contribution is -0.113. The lowest BCUT2D eigenvalue weighted by atomic mass is 9.29. The second-order valence-electron chi connectivity index (χ2n) is 11.1. The van der Waals surface area contributed by atoms with Crippen LogP contribution in [0.4, 0.5) is 0 Å². The van der Waals surface area contributed by atoms with Gasteiger partial charge in [0.05, 0.1) is 0 Å². The summed E-state index contributed by atoms with van der Waals surface area (Å²) in [7, 11) is 0. The number of rotatable bonds is 4. The van der Waals surface area contributed by atoms with Crippen LogP contribution in [0.3, 0.4) is 0 Å². The molecule has 2 heteroatoms. The first-order valence-electron chi connectivity index (χ1n) is 10.9. The molecule has 0 aromatic rings. The van der Waals surface area contributed by atoms with E-state index in [0.717, 1.165) is 47.1 Å². The fraction of sp³-hybridized carbons (Fsp3) is 1.00. The Bertz CT molecular complexity index is 454. The Hall–Kier alpha value is 0.355. The third-order valence-corrected chi connectivity index (χ3v) is 10.7. The second-order valence-corrected chi connectivity index (χ2v) is 11.6. The maximum atomic E-state index is 7.34. The van der Waals surface area contributed by atoms with Crippen molar-refractivity contribution in [2.75, 3.05) is 0 Å². The third-order valence-electron chi connectivity index (χ3n) is 10.1. The molecule has 6 rings (SSSR count). The zero-order chi connectivity index (χ0) is 17.4. The quantitative estimate of drug-likeness (QED) is 0.473. The summed E-state index contributed by atoms with van der Waals surface area (Å²) in [4.78, 5) is 0. The van der Waals surface area contributed by atoms with Crippen LogP contribution in [0.5, 0.6) is 0 Å². The zero-order valence-corrected chi connectivity index (χ0v) is 17.6. The summed E-state index contributed by atoms with van der Waals surface area (Å²) in [5, 5.41) is 0. The summed E-state index contributed by atoms with van der Waals surface area (Å²) in [5.41, 5.74) is 1.18. The highest BCUT2D eigenvalue weighted by molar-refractivity contribution is 7.08. The number of hydrogen-bond acceptors (Lipinski definition) is 0. The second kappa shape index (κ2) is 5.67. The van der Waals surface area contributed by atoms with Crippen molar-refractivity contribution >= 4 is 17.6 Å². The third kappa shape index (κ3) is 2.18. The van der Waals surface area contributed by atoms with Crippen molar-refractivity contribution in [2.45, 2.75) is 91.7 Å². The summed E-state index contributed by atoms with van der Waals surface area (Å²) in [5.74, 6) is 7.16. The first kappa shape index (κ1) is 17.8. The van der Waals surface area contributed by atoms with Crippen molar-refractivity contribution in [3.8, 4) is 0 Å². The average molecular weight is 349 g/mol. The van der Waals surface area contributed by atoms with Gasteiger partial charge in [-0.1, -0.05) is 67.2 Å². The summed E-state index contributed by atoms with van der Waals surface area (Å²) in [6.07, 6.45) is 8.96. The minimum absolute atomic E-state index is 0.447. The molecule has 0 amide bonds. The maximum absolute atomic E-state index is 7.34. The Labute approximate surface area is 155 Å². The molecule has 136 valence electrons. The predicted molar refractivity (Wildman–Crippen MR) is 107 cm³/mol. The molecule has 0 radical (unpaired) electrons. The first-order valence-corrected chi connectivity index (χ1v) is 11.3. The van der Waals surface area contributed by atoms with E-state index in [2.05, 4.69) is 41.5 Å². The fourth-order valence-electron chi connectivity index (χ4n) is 8.19. The van der Waals surface area contributed by atoms with Gasteiger partial charge in [0.25, 0.3) is 6.13 Å². The van der Waals surface area contributed by atoms with Crippen LogP contribution >= 0.6 is 11.5 Å². The number of halogens is 1. The SMILES string of the molecule is CC[C@H]1[C@@H](B(Cl)[C@H]2C[C@@H]3C[C@@H]([C@H]2CC)C3(C)C)C[C@@H]2C[C@@H]1C2(C)C. The largest absolute Gasteiger partial charge is 0.257 e. The van der Waals surface area contributed by atoms with Gasteiger partial charge in [0.1, 0.15) is 0 Å². The molecule has 4 bridgehead atoms. The summed E-state index contributed by atoms with van der Waals surface area (Å²) < 4.78 is 0. The van der Waals surface area contributed by atoms with Gasteiger partial charge in [-0.3, -0.25) is 0 Å². The van der Waals surface area contributed by atoms with Crippen molar-refractivity contribution in [3.05, 3.63) is 0 Å². The van der Waals surface area contributed by atoms with Crippen LogP contribution in [0.2, 0.25) is 11.6 Å². The van der Waals surface area contributed by atoms with Crippen LogP contribution in [-0.4, -0.2) is 6.13 Å². The first-order chi connectivity index (χ1) is 11.2. The molecule has 0 N–H and O–H groups in total. The monoisotopic (exact) mass is 348 g/mol. The predicted octanol–water partition coefficient (Wildman–Crippen LogP) is 7.14. The van der Waals surface area contributed by atoms with E-state index in [0.29, 0.717) is 17.0 Å². The van der Waals surface area contributed by atoms with Crippen molar-refractivity contribution < 1.29 is 0 Å². The Kier molecular flexibility index (Phi) is 4.20. The normalized spacial score (nSPS) is 50.6. The average Bonchev–Trinajstić information content (AvgIpc) is 2.59. The molecule has 6 aliphatic rings. The van der Waals surface area contributed by atoms with E-state index in [1.807, 2.05) is 0 Å². The van der Waals surface area contributed by atoms with E-state index in [1.54, 1.807) is 0 Å². The van der Waals surface area contributed by atoms with E-state index in [4.69, 9.17) is 11.5 Å². The van der Waals surface area contributed by atoms with Gasteiger partial charge in [0, 0.05) is 0 Å². The molecule has 0 heterocycles. The molecule has 0 nitrogen and oxygen atoms in total. The van der Waals surface area contributed by atoms with Gasteiger partial charge in [-0.05, 0) is 70.8 Å². The van der Waals surface area contributed by atoms with Gasteiger partial charge in [0.15, 0.2) is 0 Å². The van der Waals surface area contributed by atoms with Gasteiger partial charge in [0.2, 0.25) is 0 Å². The molecule has 24 heavy (non-hydrogen) atoms. The standard InChI is InChI=1S/C22H38BCl/c1-7-15-17-9-13(21(17,3)4)11-19(15)23(24)20-12-14-10-18(16(20)8-2)22(14,5)6/h13-20H,7-12H2,1-6H3/t13-,14-,15+,16+,17-,18-,19-,20-/m0/s1. The lowest BCUT2D eigenvalue weighted by Crippen LogP contribution is -2.59. The van der Waals surface area contributed by atoms with Gasteiger partial charge >= 0.3 is 0 Å². The summed E-state index contributed by atoms with van der Waals surface area (Å²) in [6.45, 7) is 15.0. The molecule has 0 aromatic heterocycles. The maximum Gasteiger partial charge on any atom is 0.257 e. The molecule has 6 aliphatic carbocycles. The Balaban J connectivity index is 1.53. The lowest BCUT2D eigenvalue weighted by Gasteiger charge is -2.66. The van der Waals surface area contributed by atoms with Crippen molar-refractivity contribution in [2.24, 2.45) is 46.3 Å². The van der Waals surface area contributed by atoms with E-state index in [-0.39, 0.29) is 0 Å².